The van der Waals surface area contributed by atoms with Crippen LogP contribution in [0.4, 0.5) is 0 Å². The van der Waals surface area contributed by atoms with Crippen LogP contribution in [0.5, 0.6) is 0 Å². The molecule has 0 heterocycles. The fourth-order valence-corrected chi connectivity index (χ4v) is 1.27. The first-order valence-electron chi connectivity index (χ1n) is 4.18. The van der Waals surface area contributed by atoms with E-state index >= 15 is 0 Å². The maximum Gasteiger partial charge on any atom is 0.112 e. The highest BCUT2D eigenvalue weighted by Crippen LogP contribution is 2.16. The molecule has 0 aliphatic rings. The summed E-state index contributed by atoms with van der Waals surface area (Å²) < 4.78 is 1.77. The molecule has 0 atom stereocenters. The third-order valence-corrected chi connectivity index (χ3v) is 2.25. The molecule has 0 spiro atoms. The van der Waals surface area contributed by atoms with Crippen molar-refractivity contribution in [2.75, 3.05) is 7.05 Å². The number of hydrogen-bond acceptors (Lipinski definition) is 2. The Kier molecular flexibility index (Phi) is 5.06. The average molecular weight is 186 g/mol. The van der Waals surface area contributed by atoms with Gasteiger partial charge in [-0.05, 0) is 5.92 Å². The molecule has 0 unspecified atom stereocenters. The van der Waals surface area contributed by atoms with Gasteiger partial charge in [0.15, 0.2) is 0 Å². The van der Waals surface area contributed by atoms with Crippen molar-refractivity contribution in [2.24, 2.45) is 10.9 Å². The Morgan fingerprint density at radius 3 is 2.33 bits per heavy atom. The van der Waals surface area contributed by atoms with Crippen LogP contribution in [0.25, 0.3) is 0 Å². The molecule has 0 aromatic heterocycles. The fourth-order valence-electron chi connectivity index (χ4n) is 0.813. The van der Waals surface area contributed by atoms with E-state index in [1.807, 2.05) is 0 Å². The summed E-state index contributed by atoms with van der Waals surface area (Å²) in [5, 5.41) is 0. The van der Waals surface area contributed by atoms with Crippen LogP contribution in [0.1, 0.15) is 27.2 Å². The minimum atomic E-state index is 0.408. The zero-order valence-corrected chi connectivity index (χ0v) is 9.23. The molecule has 12 heavy (non-hydrogen) atoms. The quantitative estimate of drug-likeness (QED) is 0.407. The Morgan fingerprint density at radius 2 is 2.08 bits per heavy atom. The van der Waals surface area contributed by atoms with Crippen LogP contribution in [0.3, 0.4) is 0 Å². The Hall–Kier alpha value is -0.440. The fraction of sp³-hybridized carbons (Fsp3) is 0.667. The lowest BCUT2D eigenvalue weighted by atomic mass is 10.1. The molecule has 0 saturated heterocycles. The molecule has 0 radical (unpaired) electrons. The standard InChI is InChI=1S/C9H18N2S/c1-6-9(10-5)11(12)8(4)7(2)3/h7,12H,4,6H2,1-3,5H3/b10-9+. The molecule has 3 heteroatoms. The number of amidine groups is 1. The van der Waals surface area contributed by atoms with Crippen LogP contribution >= 0.6 is 12.8 Å². The van der Waals surface area contributed by atoms with Gasteiger partial charge in [0.25, 0.3) is 0 Å². The number of allylic oxidation sites excluding steroid dienone is 1. The highest BCUT2D eigenvalue weighted by Gasteiger charge is 2.10. The first kappa shape index (κ1) is 11.6. The number of hydrogen-bond donors (Lipinski definition) is 1. The summed E-state index contributed by atoms with van der Waals surface area (Å²) in [6.07, 6.45) is 0.881. The molecule has 0 aliphatic carbocycles. The molecule has 2 nitrogen and oxygen atoms in total. The number of aliphatic imine (C=N–C) groups is 1. The minimum absolute atomic E-state index is 0.408. The van der Waals surface area contributed by atoms with E-state index in [9.17, 15) is 0 Å². The molecule has 0 saturated carbocycles. The van der Waals surface area contributed by atoms with Gasteiger partial charge in [-0.15, -0.1) is 0 Å². The maximum atomic E-state index is 4.32. The average Bonchev–Trinajstić information content (AvgIpc) is 2.05. The number of rotatable bonds is 3. The second kappa shape index (κ2) is 5.25. The molecule has 0 amide bonds. The van der Waals surface area contributed by atoms with Crippen LogP contribution in [-0.4, -0.2) is 17.2 Å². The van der Waals surface area contributed by atoms with Gasteiger partial charge in [-0.25, -0.2) is 0 Å². The smallest absolute Gasteiger partial charge is 0.112 e. The van der Waals surface area contributed by atoms with Gasteiger partial charge in [0.05, 0.1) is 0 Å². The van der Waals surface area contributed by atoms with Crippen LogP contribution < -0.4 is 0 Å². The summed E-state index contributed by atoms with van der Waals surface area (Å²) in [5.41, 5.74) is 0.987. The molecule has 0 N–H and O–H groups in total. The summed E-state index contributed by atoms with van der Waals surface area (Å²) in [5.74, 6) is 1.36. The van der Waals surface area contributed by atoms with Crippen LogP contribution in [-0.2, 0) is 0 Å². The molecule has 0 aromatic carbocycles. The van der Waals surface area contributed by atoms with Crippen molar-refractivity contribution < 1.29 is 0 Å². The monoisotopic (exact) mass is 186 g/mol. The van der Waals surface area contributed by atoms with Crippen molar-refractivity contribution in [2.45, 2.75) is 27.2 Å². The van der Waals surface area contributed by atoms with E-state index in [1.165, 1.54) is 0 Å². The van der Waals surface area contributed by atoms with E-state index in [1.54, 1.807) is 11.4 Å². The second-order valence-corrected chi connectivity index (χ2v) is 3.35. The zero-order valence-electron chi connectivity index (χ0n) is 8.33. The SMILES string of the molecule is C=C(C(C)C)N(S)/C(CC)=N/C. The van der Waals surface area contributed by atoms with E-state index in [-0.39, 0.29) is 0 Å². The second-order valence-electron chi connectivity index (χ2n) is 2.95. The highest BCUT2D eigenvalue weighted by molar-refractivity contribution is 7.78. The summed E-state index contributed by atoms with van der Waals surface area (Å²) in [6, 6.07) is 0. The maximum absolute atomic E-state index is 4.32. The largest absolute Gasteiger partial charge is 0.279 e. The Morgan fingerprint density at radius 1 is 1.58 bits per heavy atom. The number of nitrogens with zero attached hydrogens (tertiary/aromatic N) is 2. The van der Waals surface area contributed by atoms with Gasteiger partial charge in [0.1, 0.15) is 5.84 Å². The van der Waals surface area contributed by atoms with Crippen molar-refractivity contribution in [3.05, 3.63) is 12.3 Å². The number of thiol groups is 1. The normalized spacial score (nSPS) is 12.0. The van der Waals surface area contributed by atoms with Gasteiger partial charge in [-0.2, -0.15) is 0 Å². The molecule has 0 fully saturated rings. The van der Waals surface area contributed by atoms with Gasteiger partial charge >= 0.3 is 0 Å². The molecule has 70 valence electrons. The van der Waals surface area contributed by atoms with E-state index in [0.29, 0.717) is 5.92 Å². The third-order valence-electron chi connectivity index (χ3n) is 1.76. The van der Waals surface area contributed by atoms with E-state index in [4.69, 9.17) is 0 Å². The predicted molar refractivity (Wildman–Crippen MR) is 58.5 cm³/mol. The molecular formula is C9H18N2S. The van der Waals surface area contributed by atoms with Gasteiger partial charge in [-0.1, -0.05) is 40.2 Å². The van der Waals surface area contributed by atoms with Crippen LogP contribution in [0.15, 0.2) is 17.3 Å². The molecular weight excluding hydrogens is 168 g/mol. The predicted octanol–water partition coefficient (Wildman–Crippen LogP) is 2.74. The first-order chi connectivity index (χ1) is 5.54. The van der Waals surface area contributed by atoms with Crippen molar-refractivity contribution in [1.29, 1.82) is 0 Å². The van der Waals surface area contributed by atoms with Crippen molar-refractivity contribution in [3.8, 4) is 0 Å². The lowest BCUT2D eigenvalue weighted by Gasteiger charge is -2.23. The van der Waals surface area contributed by atoms with Crippen molar-refractivity contribution in [3.63, 3.8) is 0 Å². The summed E-state index contributed by atoms with van der Waals surface area (Å²) in [4.78, 5) is 4.12. The van der Waals surface area contributed by atoms with E-state index in [0.717, 1.165) is 18.0 Å². The van der Waals surface area contributed by atoms with Gasteiger partial charge in [-0.3, -0.25) is 9.30 Å². The van der Waals surface area contributed by atoms with E-state index in [2.05, 4.69) is 45.2 Å². The van der Waals surface area contributed by atoms with Gasteiger partial charge in [0.2, 0.25) is 0 Å². The minimum Gasteiger partial charge on any atom is -0.279 e. The summed E-state index contributed by atoms with van der Waals surface area (Å²) in [7, 11) is 1.77. The summed E-state index contributed by atoms with van der Waals surface area (Å²) >= 11 is 4.32. The highest BCUT2D eigenvalue weighted by atomic mass is 32.1. The van der Waals surface area contributed by atoms with Gasteiger partial charge < -0.3 is 0 Å². The zero-order chi connectivity index (χ0) is 9.72. The third kappa shape index (κ3) is 2.89. The first-order valence-corrected chi connectivity index (χ1v) is 4.58. The van der Waals surface area contributed by atoms with Crippen LogP contribution in [0.2, 0.25) is 0 Å². The van der Waals surface area contributed by atoms with Crippen molar-refractivity contribution >= 4 is 18.7 Å². The van der Waals surface area contributed by atoms with E-state index < -0.39 is 0 Å². The Balaban J connectivity index is 4.37. The van der Waals surface area contributed by atoms with Crippen molar-refractivity contribution in [1.82, 2.24) is 4.31 Å². The Labute approximate surface area is 80.9 Å². The summed E-state index contributed by atoms with van der Waals surface area (Å²) in [6.45, 7) is 10.2. The Bertz CT molecular complexity index is 185. The lowest BCUT2D eigenvalue weighted by Crippen LogP contribution is -2.22. The molecule has 0 aliphatic heterocycles. The molecule has 0 aromatic rings. The lowest BCUT2D eigenvalue weighted by molar-refractivity contribution is 0.636. The molecule has 0 bridgehead atoms. The van der Waals surface area contributed by atoms with Crippen LogP contribution in [0, 0.1) is 5.92 Å². The topological polar surface area (TPSA) is 15.6 Å². The molecule has 0 rings (SSSR count). The van der Waals surface area contributed by atoms with Gasteiger partial charge in [0, 0.05) is 19.2 Å².